The molecule has 0 aliphatic rings. The number of nitrogens with zero attached hydrogens (tertiary/aromatic N) is 2. The van der Waals surface area contributed by atoms with Gasteiger partial charge in [0.1, 0.15) is 5.82 Å². The van der Waals surface area contributed by atoms with Crippen LogP contribution in [0.3, 0.4) is 0 Å². The second kappa shape index (κ2) is 4.67. The Hall–Kier alpha value is -1.68. The molecular weight excluding hydrogens is 219 g/mol. The number of hydrogen-bond acceptors (Lipinski definition) is 2. The minimum Gasteiger partial charge on any atom is -0.392 e. The van der Waals surface area contributed by atoms with Crippen LogP contribution in [0.25, 0.3) is 11.3 Å². The topological polar surface area (TPSA) is 38.0 Å². The lowest BCUT2D eigenvalue weighted by Crippen LogP contribution is -2.00. The molecule has 1 aromatic carbocycles. The maximum absolute atomic E-state index is 13.4. The quantitative estimate of drug-likeness (QED) is 0.886. The van der Waals surface area contributed by atoms with Crippen LogP contribution >= 0.6 is 0 Å². The Morgan fingerprint density at radius 2 is 2.06 bits per heavy atom. The highest BCUT2D eigenvalue weighted by molar-refractivity contribution is 5.61. The largest absolute Gasteiger partial charge is 0.392 e. The number of aryl methyl sites for hydroxylation is 2. The SMILES string of the molecule is CCn1nc(C)cc1-c1cc(F)cc(CO)c1. The molecule has 0 saturated heterocycles. The van der Waals surface area contributed by atoms with Gasteiger partial charge in [-0.25, -0.2) is 4.39 Å². The fourth-order valence-corrected chi connectivity index (χ4v) is 1.91. The Balaban J connectivity index is 2.55. The standard InChI is InChI=1S/C13H15FN2O/c1-3-16-13(4-9(2)15-16)11-5-10(8-17)6-12(14)7-11/h4-7,17H,3,8H2,1-2H3. The summed E-state index contributed by atoms with van der Waals surface area (Å²) in [6.07, 6.45) is 0. The summed E-state index contributed by atoms with van der Waals surface area (Å²) in [6, 6.07) is 6.50. The van der Waals surface area contributed by atoms with E-state index < -0.39 is 0 Å². The first kappa shape index (κ1) is 11.8. The van der Waals surface area contributed by atoms with Crippen LogP contribution < -0.4 is 0 Å². The molecule has 0 aliphatic carbocycles. The van der Waals surface area contributed by atoms with Crippen molar-refractivity contribution in [1.82, 2.24) is 9.78 Å². The van der Waals surface area contributed by atoms with Gasteiger partial charge in [-0.15, -0.1) is 0 Å². The number of aromatic nitrogens is 2. The summed E-state index contributed by atoms with van der Waals surface area (Å²) in [6.45, 7) is 4.46. The molecule has 1 N–H and O–H groups in total. The van der Waals surface area contributed by atoms with Crippen LogP contribution in [0.1, 0.15) is 18.2 Å². The number of aliphatic hydroxyl groups is 1. The molecule has 90 valence electrons. The molecule has 3 nitrogen and oxygen atoms in total. The molecule has 2 rings (SSSR count). The van der Waals surface area contributed by atoms with Gasteiger partial charge in [0.25, 0.3) is 0 Å². The van der Waals surface area contributed by atoms with Gasteiger partial charge in [0.2, 0.25) is 0 Å². The summed E-state index contributed by atoms with van der Waals surface area (Å²) >= 11 is 0. The van der Waals surface area contributed by atoms with Crippen LogP contribution in [-0.4, -0.2) is 14.9 Å². The second-order valence-corrected chi connectivity index (χ2v) is 3.99. The molecule has 0 radical (unpaired) electrons. The highest BCUT2D eigenvalue weighted by Crippen LogP contribution is 2.23. The normalized spacial score (nSPS) is 10.8. The average molecular weight is 234 g/mol. The van der Waals surface area contributed by atoms with Crippen LogP contribution in [-0.2, 0) is 13.2 Å². The molecule has 0 amide bonds. The van der Waals surface area contributed by atoms with E-state index in [0.29, 0.717) is 5.56 Å². The number of aliphatic hydroxyl groups excluding tert-OH is 1. The molecule has 2 aromatic rings. The zero-order valence-electron chi connectivity index (χ0n) is 9.94. The van der Waals surface area contributed by atoms with Gasteiger partial charge in [0.15, 0.2) is 0 Å². The van der Waals surface area contributed by atoms with Crippen molar-refractivity contribution in [2.45, 2.75) is 27.0 Å². The van der Waals surface area contributed by atoms with Gasteiger partial charge in [0.05, 0.1) is 18.0 Å². The molecule has 0 bridgehead atoms. The number of benzene rings is 1. The highest BCUT2D eigenvalue weighted by atomic mass is 19.1. The van der Waals surface area contributed by atoms with Crippen molar-refractivity contribution in [1.29, 1.82) is 0 Å². The first-order valence-electron chi connectivity index (χ1n) is 5.59. The smallest absolute Gasteiger partial charge is 0.124 e. The second-order valence-electron chi connectivity index (χ2n) is 3.99. The lowest BCUT2D eigenvalue weighted by molar-refractivity contribution is 0.281. The number of hydrogen-bond donors (Lipinski definition) is 1. The van der Waals surface area contributed by atoms with E-state index in [-0.39, 0.29) is 12.4 Å². The fourth-order valence-electron chi connectivity index (χ4n) is 1.91. The van der Waals surface area contributed by atoms with Crippen LogP contribution in [0.5, 0.6) is 0 Å². The Morgan fingerprint density at radius 3 is 2.71 bits per heavy atom. The van der Waals surface area contributed by atoms with E-state index >= 15 is 0 Å². The molecule has 0 saturated carbocycles. The van der Waals surface area contributed by atoms with Crippen molar-refractivity contribution in [2.24, 2.45) is 0 Å². The molecule has 0 aliphatic heterocycles. The molecular formula is C13H15FN2O. The van der Waals surface area contributed by atoms with E-state index in [2.05, 4.69) is 5.10 Å². The molecule has 1 heterocycles. The molecule has 4 heteroatoms. The van der Waals surface area contributed by atoms with Gasteiger partial charge in [-0.2, -0.15) is 5.10 Å². The predicted octanol–water partition coefficient (Wildman–Crippen LogP) is 2.51. The third kappa shape index (κ3) is 2.36. The summed E-state index contributed by atoms with van der Waals surface area (Å²) in [4.78, 5) is 0. The van der Waals surface area contributed by atoms with Gasteiger partial charge >= 0.3 is 0 Å². The summed E-state index contributed by atoms with van der Waals surface area (Å²) in [5.41, 5.74) is 3.09. The first-order chi connectivity index (χ1) is 8.13. The molecule has 17 heavy (non-hydrogen) atoms. The monoisotopic (exact) mass is 234 g/mol. The zero-order chi connectivity index (χ0) is 12.4. The summed E-state index contributed by atoms with van der Waals surface area (Å²) in [7, 11) is 0. The fraction of sp³-hybridized carbons (Fsp3) is 0.308. The van der Waals surface area contributed by atoms with Gasteiger partial charge < -0.3 is 5.11 Å². The lowest BCUT2D eigenvalue weighted by atomic mass is 10.1. The van der Waals surface area contributed by atoms with E-state index in [1.807, 2.05) is 24.6 Å². The van der Waals surface area contributed by atoms with Crippen molar-refractivity contribution in [2.75, 3.05) is 0 Å². The van der Waals surface area contributed by atoms with Crippen LogP contribution in [0.2, 0.25) is 0 Å². The Kier molecular flexibility index (Phi) is 3.24. The van der Waals surface area contributed by atoms with Gasteiger partial charge in [-0.1, -0.05) is 0 Å². The molecule has 0 fully saturated rings. The Bertz CT molecular complexity index is 534. The van der Waals surface area contributed by atoms with Gasteiger partial charge in [-0.05, 0) is 43.7 Å². The van der Waals surface area contributed by atoms with E-state index in [1.165, 1.54) is 12.1 Å². The van der Waals surface area contributed by atoms with E-state index in [0.717, 1.165) is 23.5 Å². The van der Waals surface area contributed by atoms with Crippen molar-refractivity contribution in [3.8, 4) is 11.3 Å². The van der Waals surface area contributed by atoms with Crippen molar-refractivity contribution in [3.63, 3.8) is 0 Å². The molecule has 0 atom stereocenters. The maximum Gasteiger partial charge on any atom is 0.124 e. The van der Waals surface area contributed by atoms with Gasteiger partial charge in [-0.3, -0.25) is 4.68 Å². The Labute approximate surface area is 99.5 Å². The number of halogens is 1. The average Bonchev–Trinajstić information content (AvgIpc) is 2.69. The van der Waals surface area contributed by atoms with Crippen molar-refractivity contribution < 1.29 is 9.50 Å². The van der Waals surface area contributed by atoms with E-state index in [1.54, 1.807) is 6.07 Å². The van der Waals surface area contributed by atoms with Gasteiger partial charge in [0, 0.05) is 12.1 Å². The number of rotatable bonds is 3. The van der Waals surface area contributed by atoms with E-state index in [9.17, 15) is 4.39 Å². The third-order valence-corrected chi connectivity index (χ3v) is 2.64. The predicted molar refractivity (Wildman–Crippen MR) is 64.0 cm³/mol. The van der Waals surface area contributed by atoms with Crippen molar-refractivity contribution >= 4 is 0 Å². The van der Waals surface area contributed by atoms with Crippen molar-refractivity contribution in [3.05, 3.63) is 41.3 Å². The highest BCUT2D eigenvalue weighted by Gasteiger charge is 2.09. The van der Waals surface area contributed by atoms with Crippen LogP contribution in [0.15, 0.2) is 24.3 Å². The summed E-state index contributed by atoms with van der Waals surface area (Å²) < 4.78 is 15.2. The molecule has 1 aromatic heterocycles. The molecule has 0 unspecified atom stereocenters. The molecule has 0 spiro atoms. The lowest BCUT2D eigenvalue weighted by Gasteiger charge is -2.06. The maximum atomic E-state index is 13.4. The zero-order valence-corrected chi connectivity index (χ0v) is 9.94. The van der Waals surface area contributed by atoms with Crippen LogP contribution in [0, 0.1) is 12.7 Å². The summed E-state index contributed by atoms with van der Waals surface area (Å²) in [5.74, 6) is -0.340. The van der Waals surface area contributed by atoms with Crippen LogP contribution in [0.4, 0.5) is 4.39 Å². The Morgan fingerprint density at radius 1 is 1.29 bits per heavy atom. The minimum atomic E-state index is -0.340. The first-order valence-corrected chi connectivity index (χ1v) is 5.59. The minimum absolute atomic E-state index is 0.163. The van der Waals surface area contributed by atoms with E-state index in [4.69, 9.17) is 5.11 Å². The summed E-state index contributed by atoms with van der Waals surface area (Å²) in [5, 5.41) is 13.4. The third-order valence-electron chi connectivity index (χ3n) is 2.64.